The highest BCUT2D eigenvalue weighted by atomic mass is 16.7. The molecule has 0 amide bonds. The molecule has 2 aromatic carbocycles. The van der Waals surface area contributed by atoms with Crippen LogP contribution >= 0.6 is 0 Å². The summed E-state index contributed by atoms with van der Waals surface area (Å²) in [6, 6.07) is 13.6. The lowest BCUT2D eigenvalue weighted by atomic mass is 9.97. The molecule has 0 saturated heterocycles. The van der Waals surface area contributed by atoms with Gasteiger partial charge in [0.15, 0.2) is 5.75 Å². The Morgan fingerprint density at radius 3 is 2.50 bits per heavy atom. The van der Waals surface area contributed by atoms with Crippen molar-refractivity contribution in [3.63, 3.8) is 0 Å². The average molecular weight is 293 g/mol. The van der Waals surface area contributed by atoms with Gasteiger partial charge in [0.25, 0.3) is 0 Å². The van der Waals surface area contributed by atoms with Gasteiger partial charge in [0.05, 0.1) is 11.9 Å². The Morgan fingerprint density at radius 1 is 1.05 bits per heavy atom. The van der Waals surface area contributed by atoms with Gasteiger partial charge in [0, 0.05) is 16.3 Å². The van der Waals surface area contributed by atoms with Crippen LogP contribution in [0.5, 0.6) is 5.75 Å². The highest BCUT2D eigenvalue weighted by Gasteiger charge is 2.13. The summed E-state index contributed by atoms with van der Waals surface area (Å²) in [6.45, 7) is 4.12. The number of pyridine rings is 1. The number of rotatable bonds is 2. The fourth-order valence-electron chi connectivity index (χ4n) is 2.56. The minimum absolute atomic E-state index is 0.247. The van der Waals surface area contributed by atoms with Gasteiger partial charge in [0.2, 0.25) is 0 Å². The molecule has 0 bridgehead atoms. The van der Waals surface area contributed by atoms with Crippen LogP contribution in [0.1, 0.15) is 11.1 Å². The second-order valence-electron chi connectivity index (χ2n) is 5.13. The van der Waals surface area contributed by atoms with Crippen molar-refractivity contribution in [2.24, 2.45) is 0 Å². The maximum Gasteiger partial charge on any atom is 0.511 e. The van der Waals surface area contributed by atoms with Crippen LogP contribution in [0.2, 0.25) is 0 Å². The smallest absolute Gasteiger partial charge is 0.449 e. The molecule has 0 radical (unpaired) electrons. The molecule has 110 valence electrons. The number of aryl methyl sites for hydroxylation is 1. The summed E-state index contributed by atoms with van der Waals surface area (Å²) in [4.78, 5) is 15.3. The van der Waals surface area contributed by atoms with Crippen molar-refractivity contribution in [1.29, 1.82) is 0 Å². The van der Waals surface area contributed by atoms with Crippen LogP contribution in [0.4, 0.5) is 4.79 Å². The molecule has 1 aromatic heterocycles. The second kappa shape index (κ2) is 5.48. The number of ether oxygens (including phenoxy) is 1. The number of hydrogen-bond acceptors (Lipinski definition) is 3. The summed E-state index contributed by atoms with van der Waals surface area (Å²) in [6.07, 6.45) is 0.125. The van der Waals surface area contributed by atoms with E-state index in [2.05, 4.69) is 24.9 Å². The van der Waals surface area contributed by atoms with Crippen molar-refractivity contribution in [3.8, 4) is 17.0 Å². The van der Waals surface area contributed by atoms with Crippen LogP contribution in [0.15, 0.2) is 48.7 Å². The molecule has 0 spiro atoms. The van der Waals surface area contributed by atoms with Gasteiger partial charge in [0.1, 0.15) is 0 Å². The van der Waals surface area contributed by atoms with E-state index >= 15 is 0 Å². The van der Waals surface area contributed by atoms with Crippen molar-refractivity contribution in [1.82, 2.24) is 4.98 Å². The van der Waals surface area contributed by atoms with E-state index in [4.69, 9.17) is 9.84 Å². The molecule has 0 atom stereocenters. The minimum Gasteiger partial charge on any atom is -0.449 e. The number of aromatic nitrogens is 1. The Hall–Kier alpha value is -2.88. The first kappa shape index (κ1) is 14.1. The monoisotopic (exact) mass is 293 g/mol. The van der Waals surface area contributed by atoms with E-state index in [0.717, 1.165) is 27.6 Å². The molecule has 1 N–H and O–H groups in total. The quantitative estimate of drug-likeness (QED) is 0.703. The Balaban J connectivity index is 2.28. The van der Waals surface area contributed by atoms with E-state index in [9.17, 15) is 4.79 Å². The van der Waals surface area contributed by atoms with Gasteiger partial charge in [-0.1, -0.05) is 42.5 Å². The van der Waals surface area contributed by atoms with Gasteiger partial charge in [-0.2, -0.15) is 0 Å². The number of carboxylic acid groups (broad SMARTS) is 1. The Labute approximate surface area is 128 Å². The standard InChI is InChI=1S/C18H15NO3/c1-11-6-5-9-13(12(11)2)17-15-8-4-3-7-14(15)16(10-19-17)22-18(20)21/h3-10H,1-2H3,(H,20,21). The molecule has 0 aliphatic carbocycles. The number of hydrogen-bond donors (Lipinski definition) is 1. The molecule has 4 nitrogen and oxygen atoms in total. The summed E-state index contributed by atoms with van der Waals surface area (Å²) >= 11 is 0. The zero-order valence-corrected chi connectivity index (χ0v) is 12.3. The summed E-state index contributed by atoms with van der Waals surface area (Å²) in [5.74, 6) is 0.247. The zero-order chi connectivity index (χ0) is 15.7. The lowest BCUT2D eigenvalue weighted by molar-refractivity contribution is 0.145. The van der Waals surface area contributed by atoms with E-state index in [1.807, 2.05) is 36.4 Å². The molecule has 0 aliphatic heterocycles. The SMILES string of the molecule is Cc1cccc(-c2ncc(OC(=O)O)c3ccccc23)c1C. The third-order valence-corrected chi connectivity index (χ3v) is 3.82. The van der Waals surface area contributed by atoms with Crippen LogP contribution in [-0.2, 0) is 0 Å². The van der Waals surface area contributed by atoms with Crippen LogP contribution in [0.3, 0.4) is 0 Å². The van der Waals surface area contributed by atoms with Gasteiger partial charge in [-0.15, -0.1) is 0 Å². The lowest BCUT2D eigenvalue weighted by Gasteiger charge is -2.12. The first-order valence-electron chi connectivity index (χ1n) is 6.93. The van der Waals surface area contributed by atoms with E-state index < -0.39 is 6.16 Å². The predicted octanol–water partition coefficient (Wildman–Crippen LogP) is 4.58. The van der Waals surface area contributed by atoms with E-state index in [1.165, 1.54) is 11.8 Å². The van der Waals surface area contributed by atoms with Crippen molar-refractivity contribution in [2.75, 3.05) is 0 Å². The molecule has 0 saturated carbocycles. The van der Waals surface area contributed by atoms with Gasteiger partial charge in [-0.05, 0) is 25.0 Å². The molecule has 22 heavy (non-hydrogen) atoms. The van der Waals surface area contributed by atoms with Gasteiger partial charge < -0.3 is 9.84 Å². The third kappa shape index (κ3) is 2.39. The van der Waals surface area contributed by atoms with Crippen LogP contribution in [-0.4, -0.2) is 16.2 Å². The summed E-state index contributed by atoms with van der Waals surface area (Å²) < 4.78 is 4.83. The van der Waals surface area contributed by atoms with Gasteiger partial charge >= 0.3 is 6.16 Å². The predicted molar refractivity (Wildman–Crippen MR) is 85.3 cm³/mol. The van der Waals surface area contributed by atoms with Crippen molar-refractivity contribution >= 4 is 16.9 Å². The first-order chi connectivity index (χ1) is 10.6. The van der Waals surface area contributed by atoms with E-state index in [-0.39, 0.29) is 5.75 Å². The number of fused-ring (bicyclic) bond motifs is 1. The van der Waals surface area contributed by atoms with Crippen molar-refractivity contribution in [3.05, 3.63) is 59.8 Å². The summed E-state index contributed by atoms with van der Waals surface area (Å²) in [7, 11) is 0. The fraction of sp³-hybridized carbons (Fsp3) is 0.111. The molecule has 4 heteroatoms. The lowest BCUT2D eigenvalue weighted by Crippen LogP contribution is -2.04. The normalized spacial score (nSPS) is 10.6. The Morgan fingerprint density at radius 2 is 1.77 bits per heavy atom. The number of nitrogens with zero attached hydrogens (tertiary/aromatic N) is 1. The molecular weight excluding hydrogens is 278 g/mol. The second-order valence-corrected chi connectivity index (χ2v) is 5.13. The summed E-state index contributed by atoms with van der Waals surface area (Å²) in [5, 5.41) is 10.4. The van der Waals surface area contributed by atoms with Crippen LogP contribution in [0.25, 0.3) is 22.0 Å². The van der Waals surface area contributed by atoms with Gasteiger partial charge in [-0.3, -0.25) is 4.98 Å². The molecular formula is C18H15NO3. The van der Waals surface area contributed by atoms with E-state index in [1.54, 1.807) is 0 Å². The van der Waals surface area contributed by atoms with Crippen LogP contribution in [0, 0.1) is 13.8 Å². The molecule has 0 aliphatic rings. The number of carbonyl (C=O) groups is 1. The maximum absolute atomic E-state index is 10.8. The molecule has 3 aromatic rings. The third-order valence-electron chi connectivity index (χ3n) is 3.82. The Kier molecular flexibility index (Phi) is 3.51. The molecule has 1 heterocycles. The highest BCUT2D eigenvalue weighted by molar-refractivity contribution is 5.99. The summed E-state index contributed by atoms with van der Waals surface area (Å²) in [5.41, 5.74) is 4.22. The maximum atomic E-state index is 10.8. The first-order valence-corrected chi connectivity index (χ1v) is 6.93. The largest absolute Gasteiger partial charge is 0.511 e. The van der Waals surface area contributed by atoms with Crippen molar-refractivity contribution < 1.29 is 14.6 Å². The molecule has 3 rings (SSSR count). The molecule has 0 unspecified atom stereocenters. The van der Waals surface area contributed by atoms with Gasteiger partial charge in [-0.25, -0.2) is 4.79 Å². The fourth-order valence-corrected chi connectivity index (χ4v) is 2.56. The minimum atomic E-state index is -1.34. The zero-order valence-electron chi connectivity index (χ0n) is 12.3. The number of benzene rings is 2. The Bertz CT molecular complexity index is 871. The van der Waals surface area contributed by atoms with Crippen molar-refractivity contribution in [2.45, 2.75) is 13.8 Å². The average Bonchev–Trinajstić information content (AvgIpc) is 2.50. The molecule has 0 fully saturated rings. The topological polar surface area (TPSA) is 59.4 Å². The van der Waals surface area contributed by atoms with E-state index in [0.29, 0.717) is 0 Å². The van der Waals surface area contributed by atoms with Crippen LogP contribution < -0.4 is 4.74 Å². The highest BCUT2D eigenvalue weighted by Crippen LogP contribution is 2.34.